The molecule has 25 heavy (non-hydrogen) atoms. The highest BCUT2D eigenvalue weighted by molar-refractivity contribution is 5.94. The molecule has 6 nitrogen and oxygen atoms in total. The number of amides is 1. The second-order valence-corrected chi connectivity index (χ2v) is 6.12. The smallest absolute Gasteiger partial charge is 0.248 e. The average molecular weight is 339 g/mol. The fourth-order valence-corrected chi connectivity index (χ4v) is 3.02. The van der Waals surface area contributed by atoms with Gasteiger partial charge in [-0.05, 0) is 44.4 Å². The van der Waals surface area contributed by atoms with E-state index in [9.17, 15) is 9.59 Å². The highest BCUT2D eigenvalue weighted by Crippen LogP contribution is 2.21. The van der Waals surface area contributed by atoms with Crippen LogP contribution in [0.2, 0.25) is 0 Å². The van der Waals surface area contributed by atoms with Crippen molar-refractivity contribution in [1.82, 2.24) is 10.1 Å². The number of fused-ring (bicyclic) bond motifs is 1. The van der Waals surface area contributed by atoms with E-state index < -0.39 is 0 Å². The van der Waals surface area contributed by atoms with Crippen molar-refractivity contribution in [3.05, 3.63) is 57.2 Å². The number of nitrogens with zero attached hydrogens (tertiary/aromatic N) is 1. The number of benzene rings is 1. The Morgan fingerprint density at radius 1 is 1.28 bits per heavy atom. The van der Waals surface area contributed by atoms with Crippen LogP contribution in [0.25, 0.3) is 10.9 Å². The molecule has 0 aliphatic carbocycles. The van der Waals surface area contributed by atoms with Gasteiger partial charge in [0.1, 0.15) is 5.76 Å². The first-order valence-electron chi connectivity index (χ1n) is 8.35. The molecular formula is C19H21N3O3. The van der Waals surface area contributed by atoms with Crippen molar-refractivity contribution in [3.63, 3.8) is 0 Å². The molecule has 3 aromatic rings. The molecule has 0 fully saturated rings. The first kappa shape index (κ1) is 17.0. The fraction of sp³-hybridized carbons (Fsp3) is 0.316. The highest BCUT2D eigenvalue weighted by atomic mass is 16.5. The number of carbonyl (C=O) groups excluding carboxylic acids is 1. The summed E-state index contributed by atoms with van der Waals surface area (Å²) in [4.78, 5) is 26.8. The molecule has 2 N–H and O–H groups in total. The maximum atomic E-state index is 12.2. The number of aromatic nitrogens is 2. The van der Waals surface area contributed by atoms with Gasteiger partial charge in [-0.1, -0.05) is 18.1 Å². The quantitative estimate of drug-likeness (QED) is 0.747. The van der Waals surface area contributed by atoms with E-state index in [0.717, 1.165) is 39.9 Å². The number of pyridine rings is 1. The Hall–Kier alpha value is -2.89. The number of rotatable bonds is 5. The van der Waals surface area contributed by atoms with Crippen LogP contribution >= 0.6 is 0 Å². The van der Waals surface area contributed by atoms with Crippen molar-refractivity contribution in [2.24, 2.45) is 0 Å². The lowest BCUT2D eigenvalue weighted by molar-refractivity contribution is -0.116. The van der Waals surface area contributed by atoms with Gasteiger partial charge >= 0.3 is 0 Å². The Balaban J connectivity index is 1.74. The fourth-order valence-electron chi connectivity index (χ4n) is 3.02. The molecule has 0 aliphatic heterocycles. The molecule has 0 bridgehead atoms. The van der Waals surface area contributed by atoms with Crippen LogP contribution in [0.1, 0.15) is 35.9 Å². The predicted molar refractivity (Wildman–Crippen MR) is 96.9 cm³/mol. The molecule has 2 aromatic heterocycles. The molecule has 0 spiro atoms. The van der Waals surface area contributed by atoms with Crippen LogP contribution < -0.4 is 10.9 Å². The van der Waals surface area contributed by atoms with Gasteiger partial charge in [0, 0.05) is 29.1 Å². The maximum Gasteiger partial charge on any atom is 0.248 e. The first-order valence-corrected chi connectivity index (χ1v) is 8.35. The number of aryl methyl sites for hydroxylation is 3. The summed E-state index contributed by atoms with van der Waals surface area (Å²) in [5.41, 5.74) is 4.06. The number of hydrogen-bond donors (Lipinski definition) is 2. The summed E-state index contributed by atoms with van der Waals surface area (Å²) in [6.45, 7) is 5.73. The van der Waals surface area contributed by atoms with E-state index >= 15 is 0 Å². The van der Waals surface area contributed by atoms with Gasteiger partial charge in [-0.2, -0.15) is 0 Å². The van der Waals surface area contributed by atoms with Crippen LogP contribution in [0.3, 0.4) is 0 Å². The van der Waals surface area contributed by atoms with Crippen molar-refractivity contribution in [2.45, 2.75) is 40.0 Å². The van der Waals surface area contributed by atoms with E-state index in [1.807, 2.05) is 32.9 Å². The minimum atomic E-state index is -0.133. The van der Waals surface area contributed by atoms with Crippen molar-refractivity contribution >= 4 is 22.5 Å². The van der Waals surface area contributed by atoms with Crippen LogP contribution in [0, 0.1) is 13.8 Å². The summed E-state index contributed by atoms with van der Waals surface area (Å²) in [6, 6.07) is 7.19. The summed E-state index contributed by atoms with van der Waals surface area (Å²) < 4.78 is 5.11. The summed E-state index contributed by atoms with van der Waals surface area (Å²) in [6.07, 6.45) is 1.70. The summed E-state index contributed by atoms with van der Waals surface area (Å²) in [7, 11) is 0. The van der Waals surface area contributed by atoms with E-state index in [-0.39, 0.29) is 11.5 Å². The topological polar surface area (TPSA) is 88.0 Å². The van der Waals surface area contributed by atoms with Gasteiger partial charge in [0.25, 0.3) is 0 Å². The van der Waals surface area contributed by atoms with Crippen molar-refractivity contribution in [2.75, 3.05) is 5.32 Å². The minimum Gasteiger partial charge on any atom is -0.361 e. The highest BCUT2D eigenvalue weighted by Gasteiger charge is 2.12. The summed E-state index contributed by atoms with van der Waals surface area (Å²) in [5.74, 6) is 0.661. The number of H-pyrrole nitrogens is 1. The van der Waals surface area contributed by atoms with Crippen LogP contribution in [-0.4, -0.2) is 16.0 Å². The summed E-state index contributed by atoms with van der Waals surface area (Å²) >= 11 is 0. The maximum absolute atomic E-state index is 12.2. The van der Waals surface area contributed by atoms with Crippen molar-refractivity contribution in [3.8, 4) is 0 Å². The van der Waals surface area contributed by atoms with Gasteiger partial charge in [-0.15, -0.1) is 0 Å². The van der Waals surface area contributed by atoms with Crippen LogP contribution in [0.5, 0.6) is 0 Å². The zero-order valence-electron chi connectivity index (χ0n) is 14.6. The second-order valence-electron chi connectivity index (χ2n) is 6.12. The van der Waals surface area contributed by atoms with E-state index in [1.54, 1.807) is 12.1 Å². The Kier molecular flexibility index (Phi) is 4.70. The molecule has 3 rings (SSSR count). The molecule has 0 radical (unpaired) electrons. The van der Waals surface area contributed by atoms with Gasteiger partial charge in [-0.25, -0.2) is 0 Å². The Labute approximate surface area is 145 Å². The normalized spacial score (nSPS) is 11.0. The molecule has 130 valence electrons. The zero-order chi connectivity index (χ0) is 18.0. The Morgan fingerprint density at radius 2 is 2.08 bits per heavy atom. The Morgan fingerprint density at radius 3 is 2.76 bits per heavy atom. The lowest BCUT2D eigenvalue weighted by Crippen LogP contribution is -2.13. The van der Waals surface area contributed by atoms with E-state index in [2.05, 4.69) is 15.5 Å². The monoisotopic (exact) mass is 339 g/mol. The van der Waals surface area contributed by atoms with E-state index in [0.29, 0.717) is 18.5 Å². The van der Waals surface area contributed by atoms with Crippen LogP contribution in [0.15, 0.2) is 33.6 Å². The molecular weight excluding hydrogens is 318 g/mol. The first-order chi connectivity index (χ1) is 12.0. The standard InChI is InChI=1S/C19H21N3O3/c1-4-13-9-19(24)21-17-10-14(5-6-16(13)17)20-18(23)8-7-15-11(2)22-25-12(15)3/h5-6,9-10H,4,7-8H2,1-3H3,(H,20,23)(H,21,24). The summed E-state index contributed by atoms with van der Waals surface area (Å²) in [5, 5.41) is 7.77. The average Bonchev–Trinajstić information content (AvgIpc) is 2.90. The zero-order valence-corrected chi connectivity index (χ0v) is 14.6. The third-order valence-corrected chi connectivity index (χ3v) is 4.38. The largest absolute Gasteiger partial charge is 0.361 e. The molecule has 2 heterocycles. The Bertz CT molecular complexity index is 966. The molecule has 0 atom stereocenters. The van der Waals surface area contributed by atoms with Crippen molar-refractivity contribution in [1.29, 1.82) is 0 Å². The predicted octanol–water partition coefficient (Wildman–Crippen LogP) is 3.27. The molecule has 1 aromatic carbocycles. The minimum absolute atomic E-state index is 0.0895. The number of anilines is 1. The van der Waals surface area contributed by atoms with E-state index in [4.69, 9.17) is 4.52 Å². The van der Waals surface area contributed by atoms with Gasteiger partial charge in [-0.3, -0.25) is 9.59 Å². The molecule has 0 unspecified atom stereocenters. The number of hydrogen-bond acceptors (Lipinski definition) is 4. The number of aromatic amines is 1. The van der Waals surface area contributed by atoms with Crippen LogP contribution in [0.4, 0.5) is 5.69 Å². The van der Waals surface area contributed by atoms with Gasteiger partial charge in [0.2, 0.25) is 11.5 Å². The molecule has 6 heteroatoms. The number of nitrogens with one attached hydrogen (secondary N) is 2. The molecule has 1 amide bonds. The van der Waals surface area contributed by atoms with Crippen molar-refractivity contribution < 1.29 is 9.32 Å². The van der Waals surface area contributed by atoms with Crippen LogP contribution in [-0.2, 0) is 17.6 Å². The van der Waals surface area contributed by atoms with Gasteiger partial charge in [0.05, 0.1) is 11.2 Å². The number of carbonyl (C=O) groups is 1. The SMILES string of the molecule is CCc1cc(=O)[nH]c2cc(NC(=O)CCc3c(C)noc3C)ccc12. The lowest BCUT2D eigenvalue weighted by atomic mass is 10.1. The van der Waals surface area contributed by atoms with Gasteiger partial charge in [0.15, 0.2) is 0 Å². The lowest BCUT2D eigenvalue weighted by Gasteiger charge is -2.08. The second kappa shape index (κ2) is 6.93. The van der Waals surface area contributed by atoms with E-state index in [1.165, 1.54) is 0 Å². The molecule has 0 saturated carbocycles. The van der Waals surface area contributed by atoms with Gasteiger partial charge < -0.3 is 14.8 Å². The third kappa shape index (κ3) is 3.63. The third-order valence-electron chi connectivity index (χ3n) is 4.38. The molecule has 0 saturated heterocycles. The molecule has 0 aliphatic rings.